The van der Waals surface area contributed by atoms with Crippen LogP contribution in [-0.2, 0) is 13.0 Å². The van der Waals surface area contributed by atoms with Crippen molar-refractivity contribution < 1.29 is 0 Å². The van der Waals surface area contributed by atoms with Gasteiger partial charge in [-0.15, -0.1) is 0 Å². The number of nitrogens with zero attached hydrogens (tertiary/aromatic N) is 3. The molecule has 2 aromatic carbocycles. The standard InChI is InChI=1S/C21H21N5O2.C2H6/c1-13-11-16-17(12-15(13)22-2)26(10-6-9-14-7-4-3-5-8-14)19-18(23-16)20(27)25-21(28)24-19;1-2/h3-5,7-8,11-12,22H,6,9-10H2,1-2H3,(H,25,27,28);1-2H3. The quantitative estimate of drug-likeness (QED) is 0.495. The van der Waals surface area contributed by atoms with Gasteiger partial charge in [-0.05, 0) is 43.0 Å². The van der Waals surface area contributed by atoms with Crippen molar-refractivity contribution in [1.29, 1.82) is 0 Å². The number of aryl methyl sites for hydroxylation is 3. The number of hydrogen-bond acceptors (Lipinski definition) is 5. The van der Waals surface area contributed by atoms with Gasteiger partial charge in [0.15, 0.2) is 11.5 Å². The summed E-state index contributed by atoms with van der Waals surface area (Å²) in [5.41, 5.74) is 3.81. The van der Waals surface area contributed by atoms with Crippen LogP contribution in [0.4, 0.5) is 5.69 Å². The van der Waals surface area contributed by atoms with Crippen LogP contribution in [0.25, 0.3) is 22.6 Å². The summed E-state index contributed by atoms with van der Waals surface area (Å²) < 4.78 is 1.93. The molecule has 7 nitrogen and oxygen atoms in total. The number of fused-ring (bicyclic) bond motifs is 2. The minimum absolute atomic E-state index is 0.184. The highest BCUT2D eigenvalue weighted by Crippen LogP contribution is 2.26. The van der Waals surface area contributed by atoms with Crippen LogP contribution >= 0.6 is 0 Å². The van der Waals surface area contributed by atoms with Crippen LogP contribution in [0.1, 0.15) is 31.4 Å². The first-order valence-corrected chi connectivity index (χ1v) is 10.2. The molecule has 156 valence electrons. The number of rotatable bonds is 5. The second-order valence-corrected chi connectivity index (χ2v) is 6.80. The molecule has 0 atom stereocenters. The van der Waals surface area contributed by atoms with E-state index in [4.69, 9.17) is 0 Å². The molecule has 0 radical (unpaired) electrons. The SMILES string of the molecule is CC.CNc1cc2c(cc1C)nc1c(=O)[nH]c(=O)nc-1n2CCCc1ccccc1. The van der Waals surface area contributed by atoms with Crippen LogP contribution in [-0.4, -0.2) is 26.6 Å². The van der Waals surface area contributed by atoms with Crippen molar-refractivity contribution in [2.75, 3.05) is 12.4 Å². The van der Waals surface area contributed by atoms with Gasteiger partial charge in [-0.1, -0.05) is 44.2 Å². The predicted molar refractivity (Wildman–Crippen MR) is 121 cm³/mol. The summed E-state index contributed by atoms with van der Waals surface area (Å²) >= 11 is 0. The first-order valence-electron chi connectivity index (χ1n) is 10.2. The molecule has 0 saturated carbocycles. The maximum absolute atomic E-state index is 12.3. The third-order valence-corrected chi connectivity index (χ3v) is 4.91. The topological polar surface area (TPSA) is 92.7 Å². The van der Waals surface area contributed by atoms with E-state index in [0.29, 0.717) is 17.9 Å². The van der Waals surface area contributed by atoms with Crippen LogP contribution in [0.15, 0.2) is 52.1 Å². The molecule has 0 unspecified atom stereocenters. The Morgan fingerprint density at radius 1 is 1.07 bits per heavy atom. The van der Waals surface area contributed by atoms with Gasteiger partial charge in [0.2, 0.25) is 0 Å². The lowest BCUT2D eigenvalue weighted by molar-refractivity contribution is 0.649. The Morgan fingerprint density at radius 3 is 2.50 bits per heavy atom. The maximum Gasteiger partial charge on any atom is 0.349 e. The summed E-state index contributed by atoms with van der Waals surface area (Å²) in [4.78, 5) is 34.9. The van der Waals surface area contributed by atoms with Gasteiger partial charge in [-0.3, -0.25) is 9.78 Å². The highest BCUT2D eigenvalue weighted by molar-refractivity contribution is 5.84. The van der Waals surface area contributed by atoms with Crippen LogP contribution in [0.2, 0.25) is 0 Å². The molecule has 4 rings (SSSR count). The van der Waals surface area contributed by atoms with E-state index >= 15 is 0 Å². The van der Waals surface area contributed by atoms with Crippen LogP contribution in [0.5, 0.6) is 0 Å². The second-order valence-electron chi connectivity index (χ2n) is 6.80. The van der Waals surface area contributed by atoms with Gasteiger partial charge in [0.05, 0.1) is 11.0 Å². The largest absolute Gasteiger partial charge is 0.388 e. The molecule has 0 fully saturated rings. The number of benzene rings is 2. The molecule has 2 aromatic rings. The molecule has 30 heavy (non-hydrogen) atoms. The average Bonchev–Trinajstić information content (AvgIpc) is 2.75. The van der Waals surface area contributed by atoms with Gasteiger partial charge < -0.3 is 9.88 Å². The number of H-pyrrole nitrogens is 1. The number of aromatic amines is 1. The number of hydrogen-bond donors (Lipinski definition) is 2. The predicted octanol–water partition coefficient (Wildman–Crippen LogP) is 3.59. The van der Waals surface area contributed by atoms with Gasteiger partial charge in [0.25, 0.3) is 5.56 Å². The zero-order valence-corrected chi connectivity index (χ0v) is 17.8. The van der Waals surface area contributed by atoms with Gasteiger partial charge in [0.1, 0.15) is 0 Å². The lowest BCUT2D eigenvalue weighted by atomic mass is 10.1. The molecule has 7 heteroatoms. The molecular weight excluding hydrogens is 378 g/mol. The molecule has 2 N–H and O–H groups in total. The smallest absolute Gasteiger partial charge is 0.349 e. The van der Waals surface area contributed by atoms with Crippen molar-refractivity contribution in [2.45, 2.75) is 40.2 Å². The van der Waals surface area contributed by atoms with Crippen LogP contribution in [0.3, 0.4) is 0 Å². The van der Waals surface area contributed by atoms with E-state index in [1.807, 2.05) is 62.7 Å². The van der Waals surface area contributed by atoms with E-state index in [-0.39, 0.29) is 5.69 Å². The minimum Gasteiger partial charge on any atom is -0.388 e. The average molecular weight is 406 g/mol. The summed E-state index contributed by atoms with van der Waals surface area (Å²) in [7, 11) is 1.86. The Hall–Kier alpha value is -3.48. The summed E-state index contributed by atoms with van der Waals surface area (Å²) in [5, 5.41) is 3.18. The maximum atomic E-state index is 12.3. The molecule has 2 aliphatic heterocycles. The molecule has 0 bridgehead atoms. The Kier molecular flexibility index (Phi) is 6.61. The van der Waals surface area contributed by atoms with Gasteiger partial charge >= 0.3 is 5.69 Å². The van der Waals surface area contributed by atoms with Crippen molar-refractivity contribution in [3.63, 3.8) is 0 Å². The highest BCUT2D eigenvalue weighted by Gasteiger charge is 2.19. The van der Waals surface area contributed by atoms with E-state index in [1.54, 1.807) is 0 Å². The summed E-state index contributed by atoms with van der Waals surface area (Å²) in [6.07, 6.45) is 1.73. The highest BCUT2D eigenvalue weighted by atomic mass is 16.2. The molecule has 2 aliphatic rings. The van der Waals surface area contributed by atoms with Crippen molar-refractivity contribution in [1.82, 2.24) is 19.5 Å². The molecule has 0 saturated heterocycles. The molecule has 0 spiro atoms. The zero-order valence-electron chi connectivity index (χ0n) is 17.8. The van der Waals surface area contributed by atoms with E-state index in [1.165, 1.54) is 5.56 Å². The summed E-state index contributed by atoms with van der Waals surface area (Å²) in [6.45, 7) is 6.60. The Morgan fingerprint density at radius 2 is 1.80 bits per heavy atom. The Bertz CT molecular complexity index is 1230. The van der Waals surface area contributed by atoms with Crippen molar-refractivity contribution in [3.05, 3.63) is 74.4 Å². The minimum atomic E-state index is -0.656. The van der Waals surface area contributed by atoms with Gasteiger partial charge in [-0.25, -0.2) is 9.78 Å². The Labute approximate surface area is 175 Å². The lowest BCUT2D eigenvalue weighted by Crippen LogP contribution is -2.29. The summed E-state index contributed by atoms with van der Waals surface area (Å²) in [6, 6.07) is 14.2. The first-order chi connectivity index (χ1) is 14.6. The van der Waals surface area contributed by atoms with Crippen molar-refractivity contribution in [2.24, 2.45) is 0 Å². The second kappa shape index (κ2) is 9.35. The van der Waals surface area contributed by atoms with Crippen molar-refractivity contribution in [3.8, 4) is 11.5 Å². The molecule has 0 aliphatic carbocycles. The number of anilines is 1. The van der Waals surface area contributed by atoms with E-state index in [2.05, 4.69) is 32.4 Å². The van der Waals surface area contributed by atoms with E-state index < -0.39 is 11.2 Å². The molecule has 2 heterocycles. The van der Waals surface area contributed by atoms with Gasteiger partial charge in [0, 0.05) is 19.3 Å². The van der Waals surface area contributed by atoms with E-state index in [9.17, 15) is 9.59 Å². The van der Waals surface area contributed by atoms with Crippen molar-refractivity contribution >= 4 is 16.7 Å². The fourth-order valence-electron chi connectivity index (χ4n) is 3.53. The third-order valence-electron chi connectivity index (χ3n) is 4.91. The molecule has 0 amide bonds. The van der Waals surface area contributed by atoms with E-state index in [0.717, 1.165) is 29.6 Å². The zero-order chi connectivity index (χ0) is 21.7. The summed E-state index contributed by atoms with van der Waals surface area (Å²) in [5.74, 6) is 0.320. The third kappa shape index (κ3) is 4.25. The lowest BCUT2D eigenvalue weighted by Gasteiger charge is -2.18. The fourth-order valence-corrected chi connectivity index (χ4v) is 3.53. The first kappa shape index (κ1) is 21.2. The Balaban J connectivity index is 0.00000124. The van der Waals surface area contributed by atoms with Gasteiger partial charge in [-0.2, -0.15) is 4.98 Å². The monoisotopic (exact) mass is 405 g/mol. The normalized spacial score (nSPS) is 10.7. The number of aromatic nitrogens is 4. The van der Waals surface area contributed by atoms with Crippen LogP contribution in [0, 0.1) is 6.92 Å². The fraction of sp³-hybridized carbons (Fsp3) is 0.304. The molecular formula is C23H27N5O2. The molecule has 0 aromatic heterocycles. The number of nitrogens with one attached hydrogen (secondary N) is 2. The van der Waals surface area contributed by atoms with Crippen LogP contribution < -0.4 is 16.6 Å².